The summed E-state index contributed by atoms with van der Waals surface area (Å²) in [6, 6.07) is 4.16. The second-order valence-corrected chi connectivity index (χ2v) is 9.82. The molecule has 7 rings (SSSR count). The number of thiophene rings is 1. The van der Waals surface area contributed by atoms with Gasteiger partial charge in [-0.1, -0.05) is 6.08 Å². The van der Waals surface area contributed by atoms with Gasteiger partial charge in [-0.05, 0) is 59.4 Å². The first-order chi connectivity index (χ1) is 17.2. The fourth-order valence-corrected chi connectivity index (χ4v) is 5.24. The average Bonchev–Trinajstić information content (AvgIpc) is 3.26. The number of fused-ring (bicyclic) bond motifs is 2. The number of carbonyl (C=O) groups is 1. The van der Waals surface area contributed by atoms with E-state index in [9.17, 15) is 4.79 Å². The lowest BCUT2D eigenvalue weighted by atomic mass is 9.90. The maximum atomic E-state index is 12.2. The fourth-order valence-electron chi connectivity index (χ4n) is 4.58. The van der Waals surface area contributed by atoms with Crippen molar-refractivity contribution in [3.63, 3.8) is 0 Å². The number of pyridine rings is 2. The second-order valence-electron chi connectivity index (χ2n) is 9.04. The summed E-state index contributed by atoms with van der Waals surface area (Å²) in [7, 11) is 0. The molecule has 0 radical (unpaired) electrons. The molecule has 35 heavy (non-hydrogen) atoms. The molecule has 0 aromatic carbocycles. The predicted molar refractivity (Wildman–Crippen MR) is 137 cm³/mol. The van der Waals surface area contributed by atoms with Gasteiger partial charge in [0.15, 0.2) is 5.82 Å². The van der Waals surface area contributed by atoms with Crippen LogP contribution in [0.1, 0.15) is 30.7 Å². The number of nitrogens with zero attached hydrogens (tertiary/aromatic N) is 4. The summed E-state index contributed by atoms with van der Waals surface area (Å²) < 4.78 is 0. The minimum Gasteiger partial charge on any atom is -0.335 e. The molecule has 9 heteroatoms. The Morgan fingerprint density at radius 2 is 2.03 bits per heavy atom. The van der Waals surface area contributed by atoms with Crippen molar-refractivity contribution in [1.29, 1.82) is 0 Å². The Labute approximate surface area is 204 Å². The molecule has 1 saturated carbocycles. The number of hydrazone groups is 1. The second kappa shape index (κ2) is 7.99. The van der Waals surface area contributed by atoms with Crippen molar-refractivity contribution in [2.24, 2.45) is 11.0 Å². The van der Waals surface area contributed by atoms with Crippen LogP contribution in [0.4, 0.5) is 5.69 Å². The highest BCUT2D eigenvalue weighted by atomic mass is 32.1. The Bertz CT molecular complexity index is 1560. The van der Waals surface area contributed by atoms with Gasteiger partial charge in [-0.2, -0.15) is 16.4 Å². The zero-order valence-corrected chi connectivity index (χ0v) is 19.5. The Morgan fingerprint density at radius 3 is 2.89 bits per heavy atom. The number of hydrogen-bond acceptors (Lipinski definition) is 7. The molecule has 5 heterocycles. The van der Waals surface area contributed by atoms with Gasteiger partial charge in [0.25, 0.3) is 0 Å². The molecule has 4 aromatic heterocycles. The molecular formula is C26H21N7OS. The van der Waals surface area contributed by atoms with Gasteiger partial charge in [0, 0.05) is 35.0 Å². The molecule has 172 valence electrons. The summed E-state index contributed by atoms with van der Waals surface area (Å²) >= 11 is 1.65. The normalized spacial score (nSPS) is 19.0. The minimum absolute atomic E-state index is 0.0793. The van der Waals surface area contributed by atoms with Crippen LogP contribution in [0.25, 0.3) is 27.7 Å². The number of anilines is 1. The van der Waals surface area contributed by atoms with Crippen LogP contribution >= 0.6 is 11.3 Å². The lowest BCUT2D eigenvalue weighted by Crippen LogP contribution is -2.23. The summed E-state index contributed by atoms with van der Waals surface area (Å²) in [6.07, 6.45) is 14.2. The summed E-state index contributed by atoms with van der Waals surface area (Å²) in [5.41, 5.74) is 11.8. The molecule has 1 amide bonds. The third kappa shape index (κ3) is 3.64. The number of carbonyl (C=O) groups excluding carboxylic acids is 1. The number of aromatic nitrogens is 4. The zero-order chi connectivity index (χ0) is 23.4. The SMILES string of the molecule is O=C(Nc1cncc(C2=CCC3NN=C(c4nc5c(-c6ccsc6)cncc5[nH]4)C3=C2)c1)C1CC1. The number of H-pyrrole nitrogens is 1. The Balaban J connectivity index is 1.21. The molecule has 0 saturated heterocycles. The fraction of sp³-hybridized carbons (Fsp3) is 0.192. The molecule has 0 bridgehead atoms. The van der Waals surface area contributed by atoms with Crippen molar-refractivity contribution >= 4 is 45.2 Å². The standard InChI is InChI=1S/C26H21N7OS/c34-26(14-1-2-14)29-18-7-17(9-27-10-18)15-3-4-21-19(8-15)24(33-32-21)25-30-22-12-28-11-20(23(22)31-25)16-5-6-35-13-16/h3,5-14,21,32H,1-2,4H2,(H,29,34)(H,30,31). The van der Waals surface area contributed by atoms with E-state index in [4.69, 9.17) is 4.98 Å². The van der Waals surface area contributed by atoms with Gasteiger partial charge in [0.05, 0.1) is 29.6 Å². The third-order valence-corrected chi connectivity index (χ3v) is 7.29. The van der Waals surface area contributed by atoms with E-state index in [0.717, 1.165) is 75.4 Å². The van der Waals surface area contributed by atoms with Crippen LogP contribution in [-0.2, 0) is 4.79 Å². The van der Waals surface area contributed by atoms with Gasteiger partial charge in [-0.15, -0.1) is 0 Å². The van der Waals surface area contributed by atoms with E-state index in [0.29, 0.717) is 0 Å². The highest BCUT2D eigenvalue weighted by molar-refractivity contribution is 7.08. The molecule has 8 nitrogen and oxygen atoms in total. The van der Waals surface area contributed by atoms with E-state index in [1.807, 2.05) is 18.5 Å². The topological polar surface area (TPSA) is 108 Å². The number of nitrogens with one attached hydrogen (secondary N) is 3. The number of imidazole rings is 1. The monoisotopic (exact) mass is 479 g/mol. The number of aromatic amines is 1. The maximum Gasteiger partial charge on any atom is 0.227 e. The minimum atomic E-state index is 0.0793. The van der Waals surface area contributed by atoms with E-state index in [-0.39, 0.29) is 17.9 Å². The van der Waals surface area contributed by atoms with Crippen molar-refractivity contribution in [3.05, 3.63) is 76.8 Å². The molecule has 1 fully saturated rings. The van der Waals surface area contributed by atoms with Gasteiger partial charge in [0.1, 0.15) is 11.2 Å². The molecule has 1 aliphatic heterocycles. The van der Waals surface area contributed by atoms with Crippen LogP contribution in [0.5, 0.6) is 0 Å². The zero-order valence-electron chi connectivity index (χ0n) is 18.7. The Morgan fingerprint density at radius 1 is 1.11 bits per heavy atom. The van der Waals surface area contributed by atoms with Gasteiger partial charge in [-0.3, -0.25) is 14.8 Å². The summed E-state index contributed by atoms with van der Waals surface area (Å²) in [4.78, 5) is 29.3. The Kier molecular flexibility index (Phi) is 4.63. The van der Waals surface area contributed by atoms with Crippen molar-refractivity contribution < 1.29 is 4.79 Å². The van der Waals surface area contributed by atoms with Crippen molar-refractivity contribution in [3.8, 4) is 11.1 Å². The van der Waals surface area contributed by atoms with Crippen LogP contribution < -0.4 is 10.7 Å². The maximum absolute atomic E-state index is 12.2. The van der Waals surface area contributed by atoms with Crippen molar-refractivity contribution in [1.82, 2.24) is 25.4 Å². The molecule has 3 N–H and O–H groups in total. The summed E-state index contributed by atoms with van der Waals surface area (Å²) in [6.45, 7) is 0. The summed E-state index contributed by atoms with van der Waals surface area (Å²) in [5, 5.41) is 11.8. The number of rotatable bonds is 5. The van der Waals surface area contributed by atoms with Crippen LogP contribution in [0.3, 0.4) is 0 Å². The molecule has 0 spiro atoms. The highest BCUT2D eigenvalue weighted by Gasteiger charge is 2.31. The van der Waals surface area contributed by atoms with Gasteiger partial charge in [0.2, 0.25) is 5.91 Å². The largest absolute Gasteiger partial charge is 0.335 e. The van der Waals surface area contributed by atoms with E-state index in [1.165, 1.54) is 0 Å². The number of amides is 1. The lowest BCUT2D eigenvalue weighted by Gasteiger charge is -2.18. The smallest absolute Gasteiger partial charge is 0.227 e. The average molecular weight is 480 g/mol. The molecule has 1 unspecified atom stereocenters. The van der Waals surface area contributed by atoms with Gasteiger partial charge in [-0.25, -0.2) is 4.98 Å². The predicted octanol–water partition coefficient (Wildman–Crippen LogP) is 4.52. The van der Waals surface area contributed by atoms with Gasteiger partial charge < -0.3 is 15.7 Å². The first-order valence-corrected chi connectivity index (χ1v) is 12.6. The molecule has 2 aliphatic carbocycles. The van der Waals surface area contributed by atoms with Crippen LogP contribution in [0.15, 0.2) is 70.5 Å². The highest BCUT2D eigenvalue weighted by Crippen LogP contribution is 2.34. The Hall–Kier alpha value is -4.11. The number of hydrogen-bond donors (Lipinski definition) is 3. The molecule has 3 aliphatic rings. The van der Waals surface area contributed by atoms with Crippen molar-refractivity contribution in [2.45, 2.75) is 25.3 Å². The lowest BCUT2D eigenvalue weighted by molar-refractivity contribution is -0.117. The third-order valence-electron chi connectivity index (χ3n) is 6.60. The first-order valence-electron chi connectivity index (χ1n) is 11.6. The van der Waals surface area contributed by atoms with Crippen LogP contribution in [0, 0.1) is 5.92 Å². The van der Waals surface area contributed by atoms with Gasteiger partial charge >= 0.3 is 0 Å². The van der Waals surface area contributed by atoms with E-state index in [2.05, 4.69) is 59.8 Å². The molecular weight excluding hydrogens is 458 g/mol. The first kappa shape index (κ1) is 20.3. The molecule has 4 aromatic rings. The van der Waals surface area contributed by atoms with Crippen LogP contribution in [0.2, 0.25) is 0 Å². The van der Waals surface area contributed by atoms with Crippen molar-refractivity contribution in [2.75, 3.05) is 5.32 Å². The van der Waals surface area contributed by atoms with E-state index in [1.54, 1.807) is 23.7 Å². The quantitative estimate of drug-likeness (QED) is 0.390. The molecule has 1 atom stereocenters. The van der Waals surface area contributed by atoms with E-state index >= 15 is 0 Å². The number of allylic oxidation sites excluding steroid dienone is 2. The van der Waals surface area contributed by atoms with Crippen LogP contribution in [-0.4, -0.2) is 37.6 Å². The van der Waals surface area contributed by atoms with E-state index < -0.39 is 0 Å². The summed E-state index contributed by atoms with van der Waals surface area (Å²) in [5.74, 6) is 0.948.